The molecule has 1 aromatic heterocycles. The van der Waals surface area contributed by atoms with E-state index in [4.69, 9.17) is 5.84 Å². The van der Waals surface area contributed by atoms with Crippen LogP contribution in [0.25, 0.3) is 6.08 Å². The van der Waals surface area contributed by atoms with Crippen LogP contribution < -0.4 is 5.84 Å². The molecule has 0 aromatic carbocycles. The summed E-state index contributed by atoms with van der Waals surface area (Å²) in [6.45, 7) is 11.5. The van der Waals surface area contributed by atoms with Crippen LogP contribution in [0.3, 0.4) is 0 Å². The Bertz CT molecular complexity index is 193. The molecule has 4 nitrogen and oxygen atoms in total. The van der Waals surface area contributed by atoms with Crippen LogP contribution in [0.2, 0.25) is 0 Å². The topological polar surface area (TPSA) is 56.7 Å². The second-order valence-corrected chi connectivity index (χ2v) is 1.30. The van der Waals surface area contributed by atoms with Gasteiger partial charge in [0, 0.05) is 0 Å². The van der Waals surface area contributed by atoms with Crippen LogP contribution in [0.5, 0.6) is 0 Å². The molecule has 1 aromatic rings. The SMILES string of the molecule is C=Cc1nncn1N.CC.CC. The van der Waals surface area contributed by atoms with E-state index in [-0.39, 0.29) is 0 Å². The number of aromatic nitrogens is 3. The van der Waals surface area contributed by atoms with Gasteiger partial charge in [-0.1, -0.05) is 34.3 Å². The van der Waals surface area contributed by atoms with Crippen LogP contribution in [0, 0.1) is 0 Å². The minimum Gasteiger partial charge on any atom is -0.336 e. The summed E-state index contributed by atoms with van der Waals surface area (Å²) in [6.07, 6.45) is 2.95. The molecule has 0 amide bonds. The summed E-state index contributed by atoms with van der Waals surface area (Å²) >= 11 is 0. The molecule has 0 fully saturated rings. The second-order valence-electron chi connectivity index (χ2n) is 1.30. The lowest BCUT2D eigenvalue weighted by Crippen LogP contribution is -2.07. The lowest BCUT2D eigenvalue weighted by Gasteiger charge is -1.87. The Hall–Kier alpha value is -1.32. The van der Waals surface area contributed by atoms with Crippen LogP contribution in [0.4, 0.5) is 0 Å². The summed E-state index contributed by atoms with van der Waals surface area (Å²) in [6, 6.07) is 0. The standard InChI is InChI=1S/C4H6N4.2C2H6/c1-2-4-7-6-3-8(4)5;2*1-2/h2-3H,1,5H2;2*1-2H3. The Balaban J connectivity index is 0. The van der Waals surface area contributed by atoms with Crippen molar-refractivity contribution >= 4 is 6.08 Å². The molecule has 4 heteroatoms. The predicted octanol–water partition coefficient (Wildman–Crippen LogP) is 1.69. The molecule has 0 aliphatic rings. The first kappa shape index (κ1) is 13.3. The highest BCUT2D eigenvalue weighted by Crippen LogP contribution is 1.87. The fourth-order valence-electron chi connectivity index (χ4n) is 0.398. The molecule has 0 atom stereocenters. The quantitative estimate of drug-likeness (QED) is 0.652. The first-order valence-electron chi connectivity index (χ1n) is 4.12. The highest BCUT2D eigenvalue weighted by molar-refractivity contribution is 5.35. The summed E-state index contributed by atoms with van der Waals surface area (Å²) in [5, 5.41) is 7.11. The molecular weight excluding hydrogens is 152 g/mol. The van der Waals surface area contributed by atoms with Gasteiger partial charge in [0.05, 0.1) is 0 Å². The molecule has 0 unspecified atom stereocenters. The van der Waals surface area contributed by atoms with Crippen molar-refractivity contribution in [2.45, 2.75) is 27.7 Å². The fourth-order valence-corrected chi connectivity index (χ4v) is 0.398. The molecule has 0 aliphatic carbocycles. The minimum absolute atomic E-state index is 0.574. The largest absolute Gasteiger partial charge is 0.336 e. The van der Waals surface area contributed by atoms with Crippen LogP contribution in [-0.2, 0) is 0 Å². The van der Waals surface area contributed by atoms with E-state index >= 15 is 0 Å². The highest BCUT2D eigenvalue weighted by atomic mass is 15.4. The normalized spacial score (nSPS) is 7.00. The Kier molecular flexibility index (Phi) is 10.7. The Morgan fingerprint density at radius 1 is 1.42 bits per heavy atom. The van der Waals surface area contributed by atoms with Crippen molar-refractivity contribution in [2.24, 2.45) is 0 Å². The average molecular weight is 170 g/mol. The Labute approximate surface area is 74.1 Å². The van der Waals surface area contributed by atoms with Crippen molar-refractivity contribution in [2.75, 3.05) is 5.84 Å². The second kappa shape index (κ2) is 9.68. The number of rotatable bonds is 1. The van der Waals surface area contributed by atoms with Gasteiger partial charge in [0.25, 0.3) is 0 Å². The summed E-state index contributed by atoms with van der Waals surface area (Å²) in [5.74, 6) is 5.85. The molecule has 0 bridgehead atoms. The van der Waals surface area contributed by atoms with Crippen molar-refractivity contribution in [1.29, 1.82) is 0 Å². The third-order valence-corrected chi connectivity index (χ3v) is 0.783. The zero-order chi connectivity index (χ0) is 9.98. The van der Waals surface area contributed by atoms with Gasteiger partial charge in [0.15, 0.2) is 5.82 Å². The van der Waals surface area contributed by atoms with Crippen molar-refractivity contribution in [1.82, 2.24) is 14.9 Å². The van der Waals surface area contributed by atoms with Gasteiger partial charge < -0.3 is 5.84 Å². The van der Waals surface area contributed by atoms with Crippen molar-refractivity contribution < 1.29 is 0 Å². The number of nitrogens with two attached hydrogens (primary N) is 1. The van der Waals surface area contributed by atoms with Crippen molar-refractivity contribution in [3.05, 3.63) is 18.7 Å². The molecule has 0 saturated heterocycles. The molecule has 0 radical (unpaired) electrons. The lowest BCUT2D eigenvalue weighted by atomic mass is 10.6. The molecule has 1 heterocycles. The average Bonchev–Trinajstić information content (AvgIpc) is 2.58. The third-order valence-electron chi connectivity index (χ3n) is 0.783. The Morgan fingerprint density at radius 2 is 1.92 bits per heavy atom. The summed E-state index contributed by atoms with van der Waals surface area (Å²) in [5.41, 5.74) is 0. The molecule has 12 heavy (non-hydrogen) atoms. The van der Waals surface area contributed by atoms with Crippen LogP contribution >= 0.6 is 0 Å². The number of hydrogen-bond acceptors (Lipinski definition) is 3. The van der Waals surface area contributed by atoms with E-state index in [2.05, 4.69) is 16.8 Å². The zero-order valence-electron chi connectivity index (χ0n) is 8.28. The molecular formula is C8H18N4. The van der Waals surface area contributed by atoms with E-state index < -0.39 is 0 Å². The number of hydrogen-bond donors (Lipinski definition) is 1. The van der Waals surface area contributed by atoms with Crippen LogP contribution in [-0.4, -0.2) is 14.9 Å². The first-order chi connectivity index (χ1) is 5.84. The van der Waals surface area contributed by atoms with E-state index in [1.807, 2.05) is 27.7 Å². The lowest BCUT2D eigenvalue weighted by molar-refractivity contribution is 0.980. The summed E-state index contributed by atoms with van der Waals surface area (Å²) < 4.78 is 1.30. The maximum absolute atomic E-state index is 5.27. The number of nitrogens with zero attached hydrogens (tertiary/aromatic N) is 3. The molecule has 1 rings (SSSR count). The van der Waals surface area contributed by atoms with Gasteiger partial charge in [0.1, 0.15) is 6.33 Å². The molecule has 0 spiro atoms. The van der Waals surface area contributed by atoms with Crippen molar-refractivity contribution in [3.63, 3.8) is 0 Å². The van der Waals surface area contributed by atoms with Gasteiger partial charge in [0.2, 0.25) is 0 Å². The van der Waals surface area contributed by atoms with E-state index in [0.29, 0.717) is 5.82 Å². The molecule has 70 valence electrons. The zero-order valence-corrected chi connectivity index (χ0v) is 8.28. The molecule has 0 aliphatic heterocycles. The smallest absolute Gasteiger partial charge is 0.174 e. The maximum Gasteiger partial charge on any atom is 0.174 e. The predicted molar refractivity (Wildman–Crippen MR) is 53.0 cm³/mol. The van der Waals surface area contributed by atoms with E-state index in [0.717, 1.165) is 0 Å². The maximum atomic E-state index is 5.27. The molecule has 0 saturated carbocycles. The molecule has 2 N–H and O–H groups in total. The van der Waals surface area contributed by atoms with Gasteiger partial charge >= 0.3 is 0 Å². The van der Waals surface area contributed by atoms with Gasteiger partial charge in [-0.25, -0.2) is 4.68 Å². The van der Waals surface area contributed by atoms with Gasteiger partial charge in [-0.3, -0.25) is 0 Å². The summed E-state index contributed by atoms with van der Waals surface area (Å²) in [4.78, 5) is 0. The van der Waals surface area contributed by atoms with Crippen LogP contribution in [0.15, 0.2) is 12.9 Å². The van der Waals surface area contributed by atoms with Crippen LogP contribution in [0.1, 0.15) is 33.5 Å². The number of nitrogen functional groups attached to an aromatic ring is 1. The fraction of sp³-hybridized carbons (Fsp3) is 0.500. The van der Waals surface area contributed by atoms with E-state index in [1.54, 1.807) is 0 Å². The van der Waals surface area contributed by atoms with Gasteiger partial charge in [-0.2, -0.15) is 0 Å². The van der Waals surface area contributed by atoms with E-state index in [1.165, 1.54) is 17.1 Å². The van der Waals surface area contributed by atoms with Crippen molar-refractivity contribution in [3.8, 4) is 0 Å². The van der Waals surface area contributed by atoms with Gasteiger partial charge in [-0.15, -0.1) is 10.2 Å². The monoisotopic (exact) mass is 170 g/mol. The first-order valence-corrected chi connectivity index (χ1v) is 4.12. The highest BCUT2D eigenvalue weighted by Gasteiger charge is 1.89. The van der Waals surface area contributed by atoms with E-state index in [9.17, 15) is 0 Å². The Morgan fingerprint density at radius 3 is 2.08 bits per heavy atom. The minimum atomic E-state index is 0.574. The third kappa shape index (κ3) is 4.49. The summed E-state index contributed by atoms with van der Waals surface area (Å²) in [7, 11) is 0. The van der Waals surface area contributed by atoms with Gasteiger partial charge in [-0.05, 0) is 6.08 Å².